The van der Waals surface area contributed by atoms with Gasteiger partial charge in [-0.2, -0.15) is 0 Å². The third kappa shape index (κ3) is 4.51. The zero-order valence-electron chi connectivity index (χ0n) is 13.8. The van der Waals surface area contributed by atoms with E-state index < -0.39 is 6.10 Å². The van der Waals surface area contributed by atoms with Crippen molar-refractivity contribution >= 4 is 45.2 Å². The van der Waals surface area contributed by atoms with Crippen LogP contribution in [0.15, 0.2) is 64.9 Å². The second-order valence-electron chi connectivity index (χ2n) is 5.55. The van der Waals surface area contributed by atoms with Gasteiger partial charge in [-0.3, -0.25) is 4.79 Å². The first-order chi connectivity index (χ1) is 12.2. The van der Waals surface area contributed by atoms with Crippen LogP contribution in [-0.4, -0.2) is 23.8 Å². The fourth-order valence-corrected chi connectivity index (χ4v) is 3.93. The number of hydrogen-bond donors (Lipinski definition) is 2. The van der Waals surface area contributed by atoms with Gasteiger partial charge in [-0.15, -0.1) is 23.1 Å². The minimum atomic E-state index is -0.714. The predicted molar refractivity (Wildman–Crippen MR) is 107 cm³/mol. The Hall–Kier alpha value is -2.08. The largest absolute Gasteiger partial charge is 0.387 e. The Kier molecular flexibility index (Phi) is 5.91. The molecule has 3 aromatic rings. The van der Waals surface area contributed by atoms with E-state index in [-0.39, 0.29) is 12.5 Å². The summed E-state index contributed by atoms with van der Waals surface area (Å²) in [5, 5.41) is 16.1. The van der Waals surface area contributed by atoms with Gasteiger partial charge >= 0.3 is 0 Å². The molecule has 128 valence electrons. The first kappa shape index (κ1) is 17.7. The molecule has 0 saturated carbocycles. The number of thioether (sulfide) groups is 1. The standard InChI is InChI=1S/C20H19NO2S2/c1-24-15-9-6-14(7-10-15)8-11-20(23)21-12-18(22)17-13-25-19-5-3-2-4-16(17)19/h2-11,13,18,22H,12H2,1H3,(H,21,23)/b11-8+/t18-/m0/s1. The first-order valence-corrected chi connectivity index (χ1v) is 10.0. The van der Waals surface area contributed by atoms with E-state index in [9.17, 15) is 9.90 Å². The van der Waals surface area contributed by atoms with Crippen LogP contribution >= 0.6 is 23.1 Å². The van der Waals surface area contributed by atoms with Crippen LogP contribution in [0.2, 0.25) is 0 Å². The van der Waals surface area contributed by atoms with Crippen LogP contribution in [0, 0.1) is 0 Å². The van der Waals surface area contributed by atoms with E-state index >= 15 is 0 Å². The summed E-state index contributed by atoms with van der Waals surface area (Å²) in [6, 6.07) is 15.9. The van der Waals surface area contributed by atoms with Gasteiger partial charge in [-0.05, 0) is 46.9 Å². The molecule has 1 heterocycles. The van der Waals surface area contributed by atoms with Crippen LogP contribution in [-0.2, 0) is 4.79 Å². The lowest BCUT2D eigenvalue weighted by atomic mass is 10.1. The van der Waals surface area contributed by atoms with E-state index in [0.717, 1.165) is 21.2 Å². The van der Waals surface area contributed by atoms with E-state index in [1.54, 1.807) is 29.2 Å². The lowest BCUT2D eigenvalue weighted by molar-refractivity contribution is -0.116. The molecular weight excluding hydrogens is 350 g/mol. The van der Waals surface area contributed by atoms with Gasteiger partial charge in [0.15, 0.2) is 0 Å². The van der Waals surface area contributed by atoms with Crippen molar-refractivity contribution in [3.05, 3.63) is 71.1 Å². The lowest BCUT2D eigenvalue weighted by Gasteiger charge is -2.10. The van der Waals surface area contributed by atoms with Crippen molar-refractivity contribution < 1.29 is 9.90 Å². The maximum Gasteiger partial charge on any atom is 0.244 e. The molecule has 3 rings (SSSR count). The summed E-state index contributed by atoms with van der Waals surface area (Å²) < 4.78 is 1.14. The Bertz CT molecular complexity index is 884. The number of benzene rings is 2. The normalized spacial score (nSPS) is 12.6. The van der Waals surface area contributed by atoms with Crippen LogP contribution in [0.1, 0.15) is 17.2 Å². The number of amides is 1. The number of carbonyl (C=O) groups excluding carboxylic acids is 1. The number of aliphatic hydroxyl groups excluding tert-OH is 1. The van der Waals surface area contributed by atoms with Crippen molar-refractivity contribution in [2.75, 3.05) is 12.8 Å². The van der Waals surface area contributed by atoms with Crippen molar-refractivity contribution in [1.82, 2.24) is 5.32 Å². The summed E-state index contributed by atoms with van der Waals surface area (Å²) >= 11 is 3.28. The highest BCUT2D eigenvalue weighted by atomic mass is 32.2. The maximum atomic E-state index is 12.0. The van der Waals surface area contributed by atoms with Crippen molar-refractivity contribution in [3.63, 3.8) is 0 Å². The monoisotopic (exact) mass is 369 g/mol. The van der Waals surface area contributed by atoms with E-state index in [2.05, 4.69) is 5.32 Å². The molecule has 0 bridgehead atoms. The molecule has 0 aliphatic heterocycles. The van der Waals surface area contributed by atoms with Crippen LogP contribution < -0.4 is 5.32 Å². The predicted octanol–water partition coefficient (Wildman–Crippen LogP) is 4.49. The highest BCUT2D eigenvalue weighted by molar-refractivity contribution is 7.98. The first-order valence-electron chi connectivity index (χ1n) is 7.91. The number of carbonyl (C=O) groups is 1. The SMILES string of the molecule is CSc1ccc(/C=C/C(=O)NC[C@H](O)c2csc3ccccc23)cc1. The summed E-state index contributed by atoms with van der Waals surface area (Å²) in [4.78, 5) is 13.2. The number of thiophene rings is 1. The Morgan fingerprint density at radius 2 is 2.00 bits per heavy atom. The molecule has 2 N–H and O–H groups in total. The lowest BCUT2D eigenvalue weighted by Crippen LogP contribution is -2.26. The molecule has 0 radical (unpaired) electrons. The van der Waals surface area contributed by atoms with Gasteiger partial charge in [0.05, 0.1) is 6.10 Å². The molecule has 0 fully saturated rings. The number of fused-ring (bicyclic) bond motifs is 1. The molecule has 0 aliphatic rings. The summed E-state index contributed by atoms with van der Waals surface area (Å²) in [5.41, 5.74) is 1.83. The summed E-state index contributed by atoms with van der Waals surface area (Å²) in [6.45, 7) is 0.190. The molecule has 1 amide bonds. The summed E-state index contributed by atoms with van der Waals surface area (Å²) in [6.07, 6.45) is 4.58. The second-order valence-corrected chi connectivity index (χ2v) is 7.35. The Balaban J connectivity index is 1.57. The van der Waals surface area contributed by atoms with Gasteiger partial charge in [-0.1, -0.05) is 30.3 Å². The quantitative estimate of drug-likeness (QED) is 0.497. The molecule has 0 spiro atoms. The smallest absolute Gasteiger partial charge is 0.244 e. The zero-order valence-corrected chi connectivity index (χ0v) is 15.4. The van der Waals surface area contributed by atoms with Crippen molar-refractivity contribution in [3.8, 4) is 0 Å². The Morgan fingerprint density at radius 1 is 1.24 bits per heavy atom. The molecular formula is C20H19NO2S2. The maximum absolute atomic E-state index is 12.0. The van der Waals surface area contributed by atoms with Crippen LogP contribution in [0.4, 0.5) is 0 Å². The van der Waals surface area contributed by atoms with Gasteiger partial charge in [0.25, 0.3) is 0 Å². The van der Waals surface area contributed by atoms with Crippen LogP contribution in [0.5, 0.6) is 0 Å². The molecule has 2 aromatic carbocycles. The van der Waals surface area contributed by atoms with Gasteiger partial charge < -0.3 is 10.4 Å². The molecule has 1 atom stereocenters. The van der Waals surface area contributed by atoms with Gasteiger partial charge in [0.2, 0.25) is 5.91 Å². The molecule has 1 aromatic heterocycles. The molecule has 3 nitrogen and oxygen atoms in total. The average molecular weight is 370 g/mol. The highest BCUT2D eigenvalue weighted by Gasteiger charge is 2.13. The molecule has 0 aliphatic carbocycles. The number of hydrogen-bond acceptors (Lipinski definition) is 4. The minimum absolute atomic E-state index is 0.190. The molecule has 5 heteroatoms. The molecule has 25 heavy (non-hydrogen) atoms. The number of nitrogens with one attached hydrogen (secondary N) is 1. The molecule has 0 unspecified atom stereocenters. The van der Waals surface area contributed by atoms with E-state index in [0.29, 0.717) is 0 Å². The van der Waals surface area contributed by atoms with Gasteiger partial charge in [0.1, 0.15) is 0 Å². The zero-order chi connectivity index (χ0) is 17.6. The Labute approximate surface area is 155 Å². The van der Waals surface area contributed by atoms with E-state index in [1.165, 1.54) is 11.0 Å². The number of rotatable bonds is 6. The van der Waals surface area contributed by atoms with E-state index in [1.807, 2.05) is 60.2 Å². The highest BCUT2D eigenvalue weighted by Crippen LogP contribution is 2.29. The third-order valence-electron chi connectivity index (χ3n) is 3.88. The van der Waals surface area contributed by atoms with E-state index in [4.69, 9.17) is 0 Å². The number of aliphatic hydroxyl groups is 1. The second kappa shape index (κ2) is 8.34. The van der Waals surface area contributed by atoms with Gasteiger partial charge in [0, 0.05) is 27.8 Å². The fourth-order valence-electron chi connectivity index (χ4n) is 2.51. The summed E-state index contributed by atoms with van der Waals surface area (Å²) in [7, 11) is 0. The minimum Gasteiger partial charge on any atom is -0.387 e. The van der Waals surface area contributed by atoms with Crippen molar-refractivity contribution in [2.45, 2.75) is 11.0 Å². The van der Waals surface area contributed by atoms with Crippen molar-refractivity contribution in [2.24, 2.45) is 0 Å². The van der Waals surface area contributed by atoms with Crippen LogP contribution in [0.25, 0.3) is 16.2 Å². The summed E-state index contributed by atoms with van der Waals surface area (Å²) in [5.74, 6) is -0.215. The fraction of sp³-hybridized carbons (Fsp3) is 0.150. The third-order valence-corrected chi connectivity index (χ3v) is 5.61. The average Bonchev–Trinajstić information content (AvgIpc) is 3.09. The topological polar surface area (TPSA) is 49.3 Å². The van der Waals surface area contributed by atoms with Gasteiger partial charge in [-0.25, -0.2) is 0 Å². The molecule has 0 saturated heterocycles. The van der Waals surface area contributed by atoms with Crippen LogP contribution in [0.3, 0.4) is 0 Å². The van der Waals surface area contributed by atoms with Crippen molar-refractivity contribution in [1.29, 1.82) is 0 Å². The Morgan fingerprint density at radius 3 is 2.76 bits per heavy atom.